The smallest absolute Gasteiger partial charge is 0.00888 e. The Bertz CT molecular complexity index is 93.6. The van der Waals surface area contributed by atoms with E-state index >= 15 is 0 Å². The highest BCUT2D eigenvalue weighted by Gasteiger charge is 2.19. The molecule has 0 aromatic rings. The van der Waals surface area contributed by atoms with Crippen LogP contribution in [0.2, 0.25) is 0 Å². The molecule has 2 atom stereocenters. The molecule has 0 aromatic heterocycles. The summed E-state index contributed by atoms with van der Waals surface area (Å²) in [4.78, 5) is 2.34. The van der Waals surface area contributed by atoms with Crippen LogP contribution in [0.15, 0.2) is 0 Å². The van der Waals surface area contributed by atoms with Gasteiger partial charge in [0.15, 0.2) is 0 Å². The highest BCUT2D eigenvalue weighted by molar-refractivity contribution is 4.77. The van der Waals surface area contributed by atoms with Gasteiger partial charge in [-0.25, -0.2) is 0 Å². The van der Waals surface area contributed by atoms with Gasteiger partial charge in [-0.15, -0.1) is 0 Å². The zero-order chi connectivity index (χ0) is 8.85. The van der Waals surface area contributed by atoms with E-state index in [1.54, 1.807) is 0 Å². The van der Waals surface area contributed by atoms with Gasteiger partial charge in [0.25, 0.3) is 0 Å². The number of nitrogens with two attached hydrogens (primary N) is 1. The van der Waals surface area contributed by atoms with Crippen LogP contribution in [0.5, 0.6) is 0 Å². The van der Waals surface area contributed by atoms with Gasteiger partial charge in [-0.3, -0.25) is 0 Å². The van der Waals surface area contributed by atoms with Gasteiger partial charge in [-0.1, -0.05) is 20.8 Å². The van der Waals surface area contributed by atoms with Crippen LogP contribution in [0, 0.1) is 5.92 Å². The Balaban J connectivity index is 0.000000461. The van der Waals surface area contributed by atoms with Crippen LogP contribution in [0.3, 0.4) is 0 Å². The molecule has 1 aliphatic heterocycles. The Labute approximate surface area is 70.8 Å². The maximum absolute atomic E-state index is 5.81. The summed E-state index contributed by atoms with van der Waals surface area (Å²) in [5.41, 5.74) is 5.81. The Morgan fingerprint density at radius 1 is 1.36 bits per heavy atom. The monoisotopic (exact) mass is 158 g/mol. The molecule has 1 fully saturated rings. The van der Waals surface area contributed by atoms with Crippen molar-refractivity contribution in [1.82, 2.24) is 4.90 Å². The summed E-state index contributed by atoms with van der Waals surface area (Å²) in [6.07, 6.45) is 1.16. The van der Waals surface area contributed by atoms with Gasteiger partial charge >= 0.3 is 0 Å². The van der Waals surface area contributed by atoms with Crippen molar-refractivity contribution < 1.29 is 0 Å². The Morgan fingerprint density at radius 2 is 1.91 bits per heavy atom. The van der Waals surface area contributed by atoms with Crippen molar-refractivity contribution in [1.29, 1.82) is 0 Å². The summed E-state index contributed by atoms with van der Waals surface area (Å²) in [6, 6.07) is 0.446. The maximum Gasteiger partial charge on any atom is 0.00888 e. The van der Waals surface area contributed by atoms with Crippen molar-refractivity contribution in [3.05, 3.63) is 0 Å². The second-order valence-corrected chi connectivity index (χ2v) is 3.19. The first kappa shape index (κ1) is 10.9. The molecule has 68 valence electrons. The van der Waals surface area contributed by atoms with E-state index in [1.807, 2.05) is 13.8 Å². The van der Waals surface area contributed by atoms with Gasteiger partial charge in [0, 0.05) is 12.6 Å². The average Bonchev–Trinajstić information content (AvgIpc) is 2.02. The van der Waals surface area contributed by atoms with Crippen molar-refractivity contribution in [3.8, 4) is 0 Å². The average molecular weight is 158 g/mol. The van der Waals surface area contributed by atoms with E-state index in [9.17, 15) is 0 Å². The van der Waals surface area contributed by atoms with Crippen molar-refractivity contribution in [3.63, 3.8) is 0 Å². The summed E-state index contributed by atoms with van der Waals surface area (Å²) < 4.78 is 0. The Morgan fingerprint density at radius 3 is 2.27 bits per heavy atom. The highest BCUT2D eigenvalue weighted by Crippen LogP contribution is 2.12. The minimum absolute atomic E-state index is 0.446. The fraction of sp³-hybridized carbons (Fsp3) is 1.00. The molecular weight excluding hydrogens is 136 g/mol. The standard InChI is InChI=1S/C7H16N2.C2H6/c1-6-5-9(2)4-3-7(6)8;1-2/h6-7H,3-5,8H2,1-2H3;1-2H3. The Kier molecular flexibility index (Phi) is 5.51. The lowest BCUT2D eigenvalue weighted by atomic mass is 9.95. The molecule has 1 aliphatic rings. The van der Waals surface area contributed by atoms with Crippen molar-refractivity contribution in [2.24, 2.45) is 11.7 Å². The number of nitrogens with zero attached hydrogens (tertiary/aromatic N) is 1. The van der Waals surface area contributed by atoms with Gasteiger partial charge in [0.2, 0.25) is 0 Å². The fourth-order valence-electron chi connectivity index (χ4n) is 1.37. The van der Waals surface area contributed by atoms with Gasteiger partial charge in [0.05, 0.1) is 0 Å². The normalized spacial score (nSPS) is 32.5. The third-order valence-corrected chi connectivity index (χ3v) is 2.17. The molecule has 2 unspecified atom stereocenters. The molecule has 2 nitrogen and oxygen atoms in total. The molecule has 0 aliphatic carbocycles. The molecule has 1 heterocycles. The van der Waals surface area contributed by atoms with Crippen LogP contribution in [-0.4, -0.2) is 31.1 Å². The van der Waals surface area contributed by atoms with Gasteiger partial charge in [0.1, 0.15) is 0 Å². The van der Waals surface area contributed by atoms with E-state index in [-0.39, 0.29) is 0 Å². The first-order chi connectivity index (χ1) is 5.20. The Hall–Kier alpha value is -0.0800. The molecule has 1 saturated heterocycles. The van der Waals surface area contributed by atoms with E-state index in [0.717, 1.165) is 6.42 Å². The lowest BCUT2D eigenvalue weighted by Gasteiger charge is -2.32. The second-order valence-electron chi connectivity index (χ2n) is 3.19. The number of piperidine rings is 1. The quantitative estimate of drug-likeness (QED) is 0.576. The largest absolute Gasteiger partial charge is 0.327 e. The van der Waals surface area contributed by atoms with E-state index < -0.39 is 0 Å². The van der Waals surface area contributed by atoms with Crippen LogP contribution < -0.4 is 5.73 Å². The van der Waals surface area contributed by atoms with E-state index in [0.29, 0.717) is 12.0 Å². The van der Waals surface area contributed by atoms with Crippen LogP contribution in [0.4, 0.5) is 0 Å². The predicted octanol–water partition coefficient (Wildman–Crippen LogP) is 1.31. The number of hydrogen-bond donors (Lipinski definition) is 1. The second kappa shape index (κ2) is 5.56. The molecule has 2 heteroatoms. The molecule has 0 bridgehead atoms. The van der Waals surface area contributed by atoms with Gasteiger partial charge in [-0.2, -0.15) is 0 Å². The maximum atomic E-state index is 5.81. The SMILES string of the molecule is CC.CC1CN(C)CCC1N. The zero-order valence-electron chi connectivity index (χ0n) is 8.30. The summed E-state index contributed by atoms with van der Waals surface area (Å²) >= 11 is 0. The van der Waals surface area contributed by atoms with Crippen molar-refractivity contribution in [2.75, 3.05) is 20.1 Å². The van der Waals surface area contributed by atoms with Crippen molar-refractivity contribution >= 4 is 0 Å². The lowest BCUT2D eigenvalue weighted by Crippen LogP contribution is -2.44. The predicted molar refractivity (Wildman–Crippen MR) is 50.6 cm³/mol. The van der Waals surface area contributed by atoms with Gasteiger partial charge < -0.3 is 10.6 Å². The number of hydrogen-bond acceptors (Lipinski definition) is 2. The molecule has 2 N–H and O–H groups in total. The van der Waals surface area contributed by atoms with E-state index in [4.69, 9.17) is 5.73 Å². The first-order valence-corrected chi connectivity index (χ1v) is 4.64. The van der Waals surface area contributed by atoms with Crippen LogP contribution in [0.1, 0.15) is 27.2 Å². The molecular formula is C9H22N2. The van der Waals surface area contributed by atoms with Crippen LogP contribution >= 0.6 is 0 Å². The minimum atomic E-state index is 0.446. The minimum Gasteiger partial charge on any atom is -0.327 e. The third-order valence-electron chi connectivity index (χ3n) is 2.17. The highest BCUT2D eigenvalue weighted by atomic mass is 15.1. The van der Waals surface area contributed by atoms with Crippen LogP contribution in [0.25, 0.3) is 0 Å². The number of likely N-dealkylation sites (tertiary alicyclic amines) is 1. The van der Waals surface area contributed by atoms with Crippen molar-refractivity contribution in [2.45, 2.75) is 33.2 Å². The van der Waals surface area contributed by atoms with E-state index in [1.165, 1.54) is 13.1 Å². The molecule has 1 rings (SSSR count). The van der Waals surface area contributed by atoms with Gasteiger partial charge in [-0.05, 0) is 25.9 Å². The summed E-state index contributed by atoms with van der Waals surface area (Å²) in [5.74, 6) is 0.684. The number of rotatable bonds is 0. The molecule has 11 heavy (non-hydrogen) atoms. The molecule has 0 amide bonds. The molecule has 0 radical (unpaired) electrons. The topological polar surface area (TPSA) is 29.3 Å². The summed E-state index contributed by atoms with van der Waals surface area (Å²) in [6.45, 7) is 8.56. The molecule has 0 aromatic carbocycles. The lowest BCUT2D eigenvalue weighted by molar-refractivity contribution is 0.197. The third kappa shape index (κ3) is 3.73. The fourth-order valence-corrected chi connectivity index (χ4v) is 1.37. The first-order valence-electron chi connectivity index (χ1n) is 4.64. The summed E-state index contributed by atoms with van der Waals surface area (Å²) in [5, 5.41) is 0. The molecule has 0 saturated carbocycles. The molecule has 0 spiro atoms. The zero-order valence-corrected chi connectivity index (χ0v) is 8.30. The van der Waals surface area contributed by atoms with E-state index in [2.05, 4.69) is 18.9 Å². The summed E-state index contributed by atoms with van der Waals surface area (Å²) in [7, 11) is 2.16. The van der Waals surface area contributed by atoms with Crippen LogP contribution in [-0.2, 0) is 0 Å².